The van der Waals surface area contributed by atoms with E-state index in [0.717, 1.165) is 64.1 Å². The van der Waals surface area contributed by atoms with E-state index in [0.29, 0.717) is 17.5 Å². The summed E-state index contributed by atoms with van der Waals surface area (Å²) in [6, 6.07) is 7.52. The van der Waals surface area contributed by atoms with Gasteiger partial charge in [-0.1, -0.05) is 24.6 Å². The Bertz CT molecular complexity index is 925. The molecule has 1 amide bonds. The van der Waals surface area contributed by atoms with Gasteiger partial charge in [0.1, 0.15) is 6.61 Å². The molecular weight excluding hydrogens is 452 g/mol. The van der Waals surface area contributed by atoms with E-state index < -0.39 is 10.0 Å². The third-order valence-electron chi connectivity index (χ3n) is 7.66. The minimum absolute atomic E-state index is 0.00662. The van der Waals surface area contributed by atoms with Crippen molar-refractivity contribution in [3.8, 4) is 0 Å². The number of benzene rings is 1. The largest absolute Gasteiger partial charge is 0.370 e. The SMILES string of the molecule is Cc1ccccc1S(=O)(=O)N1CCCCC1COCC(=O)N1CCN(C2CCN(C)CC2)CC1. The number of ether oxygens (including phenoxy) is 1. The van der Waals surface area contributed by atoms with E-state index in [1.165, 1.54) is 12.8 Å². The minimum atomic E-state index is -3.58. The van der Waals surface area contributed by atoms with Gasteiger partial charge in [0.05, 0.1) is 11.5 Å². The van der Waals surface area contributed by atoms with Crippen molar-refractivity contribution in [2.45, 2.75) is 56.0 Å². The van der Waals surface area contributed by atoms with Crippen LogP contribution >= 0.6 is 0 Å². The van der Waals surface area contributed by atoms with Crippen molar-refractivity contribution in [3.05, 3.63) is 29.8 Å². The molecule has 0 bridgehead atoms. The Morgan fingerprint density at radius 3 is 2.38 bits per heavy atom. The van der Waals surface area contributed by atoms with E-state index in [9.17, 15) is 13.2 Å². The molecule has 1 aromatic carbocycles. The Hall–Kier alpha value is -1.52. The Kier molecular flexibility index (Phi) is 8.63. The van der Waals surface area contributed by atoms with Gasteiger partial charge in [0.15, 0.2) is 0 Å². The second-order valence-electron chi connectivity index (χ2n) is 10.00. The number of amides is 1. The molecule has 9 heteroatoms. The lowest BCUT2D eigenvalue weighted by Crippen LogP contribution is -2.54. The molecule has 1 atom stereocenters. The quantitative estimate of drug-likeness (QED) is 0.578. The lowest BCUT2D eigenvalue weighted by molar-refractivity contribution is -0.138. The third-order valence-corrected chi connectivity index (χ3v) is 9.77. The second kappa shape index (κ2) is 11.5. The Morgan fingerprint density at radius 1 is 0.971 bits per heavy atom. The van der Waals surface area contributed by atoms with Crippen LogP contribution in [-0.4, -0.2) is 111 Å². The Balaban J connectivity index is 1.25. The maximum Gasteiger partial charge on any atom is 0.248 e. The molecule has 4 rings (SSSR count). The number of hydrogen-bond acceptors (Lipinski definition) is 6. The van der Waals surface area contributed by atoms with Gasteiger partial charge >= 0.3 is 0 Å². The number of piperidine rings is 2. The van der Waals surface area contributed by atoms with E-state index in [1.807, 2.05) is 24.0 Å². The van der Waals surface area contributed by atoms with Gasteiger partial charge in [-0.25, -0.2) is 8.42 Å². The van der Waals surface area contributed by atoms with Crippen LogP contribution in [0.4, 0.5) is 0 Å². The van der Waals surface area contributed by atoms with Crippen molar-refractivity contribution in [3.63, 3.8) is 0 Å². The highest BCUT2D eigenvalue weighted by Gasteiger charge is 2.35. The summed E-state index contributed by atoms with van der Waals surface area (Å²) in [6.45, 7) is 8.22. The number of carbonyl (C=O) groups is 1. The molecule has 0 radical (unpaired) electrons. The number of piperazine rings is 1. The van der Waals surface area contributed by atoms with Crippen LogP contribution < -0.4 is 0 Å². The highest BCUT2D eigenvalue weighted by atomic mass is 32.2. The lowest BCUT2D eigenvalue weighted by Gasteiger charge is -2.42. The summed E-state index contributed by atoms with van der Waals surface area (Å²) in [7, 11) is -1.41. The van der Waals surface area contributed by atoms with Gasteiger partial charge in [-0.15, -0.1) is 0 Å². The molecule has 8 nitrogen and oxygen atoms in total. The fourth-order valence-electron chi connectivity index (χ4n) is 5.50. The average molecular weight is 493 g/mol. The molecule has 190 valence electrons. The highest BCUT2D eigenvalue weighted by molar-refractivity contribution is 7.89. The van der Waals surface area contributed by atoms with Crippen LogP contribution in [0.2, 0.25) is 0 Å². The zero-order chi connectivity index (χ0) is 24.1. The molecule has 1 unspecified atom stereocenters. The molecule has 3 saturated heterocycles. The predicted molar refractivity (Wildman–Crippen MR) is 132 cm³/mol. The standard InChI is InChI=1S/C25H40N4O4S/c1-21-7-3-4-9-24(21)34(31,32)29-12-6-5-8-23(29)19-33-20-25(30)28-17-15-27(16-18-28)22-10-13-26(2)14-11-22/h3-4,7,9,22-23H,5-6,8,10-20H2,1-2H3. The lowest BCUT2D eigenvalue weighted by atomic mass is 10.0. The van der Waals surface area contributed by atoms with Crippen molar-refractivity contribution in [2.75, 3.05) is 66.1 Å². The summed E-state index contributed by atoms with van der Waals surface area (Å²) in [5.74, 6) is 0.00662. The molecule has 3 fully saturated rings. The van der Waals surface area contributed by atoms with Crippen LogP contribution in [0, 0.1) is 6.92 Å². The maximum atomic E-state index is 13.3. The number of aryl methyl sites for hydroxylation is 1. The number of rotatable bonds is 7. The van der Waals surface area contributed by atoms with Crippen molar-refractivity contribution in [1.82, 2.24) is 19.0 Å². The number of nitrogens with zero attached hydrogens (tertiary/aromatic N) is 4. The molecule has 0 aliphatic carbocycles. The van der Waals surface area contributed by atoms with Gasteiger partial charge in [-0.3, -0.25) is 9.69 Å². The first kappa shape index (κ1) is 25.6. The smallest absolute Gasteiger partial charge is 0.248 e. The Labute approximate surface area is 204 Å². The van der Waals surface area contributed by atoms with Gasteiger partial charge in [-0.2, -0.15) is 4.31 Å². The molecule has 0 N–H and O–H groups in total. The molecule has 0 spiro atoms. The summed E-state index contributed by atoms with van der Waals surface area (Å²) in [4.78, 5) is 19.9. The number of sulfonamides is 1. The van der Waals surface area contributed by atoms with Crippen LogP contribution in [0.5, 0.6) is 0 Å². The normalized spacial score (nSPS) is 24.4. The van der Waals surface area contributed by atoms with Crippen LogP contribution in [0.15, 0.2) is 29.2 Å². The van der Waals surface area contributed by atoms with E-state index in [-0.39, 0.29) is 25.2 Å². The molecule has 34 heavy (non-hydrogen) atoms. The topological polar surface area (TPSA) is 73.4 Å². The van der Waals surface area contributed by atoms with Crippen LogP contribution in [0.3, 0.4) is 0 Å². The van der Waals surface area contributed by atoms with Gasteiger partial charge in [0, 0.05) is 44.8 Å². The number of carbonyl (C=O) groups excluding carboxylic acids is 1. The molecular formula is C25H40N4O4S. The summed E-state index contributed by atoms with van der Waals surface area (Å²) < 4.78 is 34.1. The number of likely N-dealkylation sites (tertiary alicyclic amines) is 1. The average Bonchev–Trinajstić information content (AvgIpc) is 2.85. The van der Waals surface area contributed by atoms with Gasteiger partial charge in [0.25, 0.3) is 0 Å². The number of hydrogen-bond donors (Lipinski definition) is 0. The van der Waals surface area contributed by atoms with E-state index in [1.54, 1.807) is 16.4 Å². The summed E-state index contributed by atoms with van der Waals surface area (Å²) >= 11 is 0. The second-order valence-corrected chi connectivity index (χ2v) is 11.9. The van der Waals surface area contributed by atoms with E-state index >= 15 is 0 Å². The van der Waals surface area contributed by atoms with Crippen molar-refractivity contribution in [2.24, 2.45) is 0 Å². The van der Waals surface area contributed by atoms with Crippen molar-refractivity contribution < 1.29 is 17.9 Å². The van der Waals surface area contributed by atoms with Crippen molar-refractivity contribution in [1.29, 1.82) is 0 Å². The fraction of sp³-hybridized carbons (Fsp3) is 0.720. The highest BCUT2D eigenvalue weighted by Crippen LogP contribution is 2.27. The first-order valence-corrected chi connectivity index (χ1v) is 14.2. The molecule has 1 aromatic rings. The van der Waals surface area contributed by atoms with Crippen LogP contribution in [0.1, 0.15) is 37.7 Å². The van der Waals surface area contributed by atoms with Crippen LogP contribution in [-0.2, 0) is 19.6 Å². The van der Waals surface area contributed by atoms with Crippen LogP contribution in [0.25, 0.3) is 0 Å². The van der Waals surface area contributed by atoms with Crippen molar-refractivity contribution >= 4 is 15.9 Å². The summed E-state index contributed by atoms with van der Waals surface area (Å²) in [5, 5.41) is 0. The zero-order valence-corrected chi connectivity index (χ0v) is 21.5. The first-order valence-electron chi connectivity index (χ1n) is 12.7. The zero-order valence-electron chi connectivity index (χ0n) is 20.7. The molecule has 3 aliphatic heterocycles. The Morgan fingerprint density at radius 2 is 1.68 bits per heavy atom. The molecule has 0 saturated carbocycles. The maximum absolute atomic E-state index is 13.3. The van der Waals surface area contributed by atoms with Gasteiger partial charge in [-0.05, 0) is 64.4 Å². The van der Waals surface area contributed by atoms with Gasteiger partial charge in [0.2, 0.25) is 15.9 Å². The predicted octanol–water partition coefficient (Wildman–Crippen LogP) is 1.79. The van der Waals surface area contributed by atoms with E-state index in [4.69, 9.17) is 4.74 Å². The molecule has 3 aliphatic rings. The molecule has 0 aromatic heterocycles. The van der Waals surface area contributed by atoms with Gasteiger partial charge < -0.3 is 14.5 Å². The summed E-state index contributed by atoms with van der Waals surface area (Å²) in [6.07, 6.45) is 4.99. The fourth-order valence-corrected chi connectivity index (χ4v) is 7.41. The minimum Gasteiger partial charge on any atom is -0.370 e. The summed E-state index contributed by atoms with van der Waals surface area (Å²) in [5.41, 5.74) is 0.752. The molecule has 3 heterocycles. The first-order chi connectivity index (χ1) is 16.4. The van der Waals surface area contributed by atoms with E-state index in [2.05, 4.69) is 16.8 Å². The third kappa shape index (κ3) is 5.99. The monoisotopic (exact) mass is 492 g/mol.